The molecule has 0 aromatic carbocycles. The van der Waals surface area contributed by atoms with Crippen LogP contribution in [-0.4, -0.2) is 34.8 Å². The molecule has 1 aliphatic rings. The van der Waals surface area contributed by atoms with Crippen LogP contribution in [0.5, 0.6) is 0 Å². The highest BCUT2D eigenvalue weighted by molar-refractivity contribution is 7.99. The van der Waals surface area contributed by atoms with Crippen molar-refractivity contribution in [2.45, 2.75) is 56.3 Å². The van der Waals surface area contributed by atoms with Crippen molar-refractivity contribution < 1.29 is 14.6 Å². The van der Waals surface area contributed by atoms with Crippen LogP contribution in [0.15, 0.2) is 0 Å². The maximum atomic E-state index is 11.1. The molecular formula is C12H22O3S. The molecule has 1 atom stereocenters. The highest BCUT2D eigenvalue weighted by Gasteiger charge is 2.29. The van der Waals surface area contributed by atoms with Crippen LogP contribution >= 0.6 is 11.8 Å². The Bertz CT molecular complexity index is 224. The zero-order valence-electron chi connectivity index (χ0n) is 10.2. The first-order valence-electron chi connectivity index (χ1n) is 5.96. The predicted octanol–water partition coefficient (Wildman–Crippen LogP) is 2.37. The lowest BCUT2D eigenvalue weighted by Gasteiger charge is -2.32. The fraction of sp³-hybridized carbons (Fsp3) is 0.917. The summed E-state index contributed by atoms with van der Waals surface area (Å²) in [6.45, 7) is 2.01. The molecule has 3 nitrogen and oxygen atoms in total. The van der Waals surface area contributed by atoms with E-state index in [1.54, 1.807) is 11.8 Å². The van der Waals surface area contributed by atoms with E-state index >= 15 is 0 Å². The van der Waals surface area contributed by atoms with Crippen molar-refractivity contribution in [1.82, 2.24) is 0 Å². The molecule has 0 amide bonds. The Kier molecular flexibility index (Phi) is 5.62. The van der Waals surface area contributed by atoms with Gasteiger partial charge in [0.15, 0.2) is 0 Å². The molecule has 0 saturated heterocycles. The van der Waals surface area contributed by atoms with Gasteiger partial charge in [-0.1, -0.05) is 26.2 Å². The van der Waals surface area contributed by atoms with Gasteiger partial charge in [-0.15, -0.1) is 0 Å². The first-order valence-corrected chi connectivity index (χ1v) is 7.01. The molecule has 1 N–H and O–H groups in total. The number of ether oxygens (including phenoxy) is 1. The van der Waals surface area contributed by atoms with Gasteiger partial charge in [0.05, 0.1) is 19.1 Å². The van der Waals surface area contributed by atoms with Gasteiger partial charge in [-0.2, -0.15) is 11.8 Å². The standard InChI is InChI=1S/C12H22O3S/c1-10(8-11(13)15-2)16-9-12(14)6-4-3-5-7-12/h10,14H,3-9H2,1-2H3. The number of thioether (sulfide) groups is 1. The minimum Gasteiger partial charge on any atom is -0.469 e. The minimum atomic E-state index is -0.493. The van der Waals surface area contributed by atoms with Gasteiger partial charge in [-0.05, 0) is 12.8 Å². The molecule has 0 heterocycles. The van der Waals surface area contributed by atoms with Gasteiger partial charge in [-0.3, -0.25) is 4.79 Å². The Balaban J connectivity index is 2.24. The van der Waals surface area contributed by atoms with E-state index < -0.39 is 5.60 Å². The van der Waals surface area contributed by atoms with Crippen LogP contribution in [0.2, 0.25) is 0 Å². The second-order valence-electron chi connectivity index (χ2n) is 4.69. The number of carbonyl (C=O) groups excluding carboxylic acids is 1. The van der Waals surface area contributed by atoms with Crippen LogP contribution in [0, 0.1) is 0 Å². The normalized spacial score (nSPS) is 21.4. The molecule has 1 aliphatic carbocycles. The summed E-state index contributed by atoms with van der Waals surface area (Å²) in [5.74, 6) is 0.571. The maximum absolute atomic E-state index is 11.1. The fourth-order valence-electron chi connectivity index (χ4n) is 2.03. The number of methoxy groups -OCH3 is 1. The summed E-state index contributed by atoms with van der Waals surface area (Å²) in [6.07, 6.45) is 5.74. The summed E-state index contributed by atoms with van der Waals surface area (Å²) >= 11 is 1.67. The molecule has 4 heteroatoms. The smallest absolute Gasteiger partial charge is 0.306 e. The minimum absolute atomic E-state index is 0.171. The SMILES string of the molecule is COC(=O)CC(C)SCC1(O)CCCCC1. The van der Waals surface area contributed by atoms with E-state index in [0.29, 0.717) is 6.42 Å². The average molecular weight is 246 g/mol. The largest absolute Gasteiger partial charge is 0.469 e. The van der Waals surface area contributed by atoms with Crippen LogP contribution < -0.4 is 0 Å². The number of hydrogen-bond acceptors (Lipinski definition) is 4. The summed E-state index contributed by atoms with van der Waals surface area (Å²) in [7, 11) is 1.41. The monoisotopic (exact) mass is 246 g/mol. The Morgan fingerprint density at radius 2 is 2.06 bits per heavy atom. The van der Waals surface area contributed by atoms with Crippen LogP contribution in [0.3, 0.4) is 0 Å². The van der Waals surface area contributed by atoms with E-state index in [0.717, 1.165) is 31.4 Å². The van der Waals surface area contributed by atoms with E-state index in [1.807, 2.05) is 6.92 Å². The van der Waals surface area contributed by atoms with E-state index in [4.69, 9.17) is 0 Å². The Hall–Kier alpha value is -0.220. The maximum Gasteiger partial charge on any atom is 0.306 e. The molecule has 1 rings (SSSR count). The number of hydrogen-bond donors (Lipinski definition) is 1. The number of carbonyl (C=O) groups is 1. The Labute approximate surface area is 102 Å². The van der Waals surface area contributed by atoms with Crippen molar-refractivity contribution in [2.24, 2.45) is 0 Å². The summed E-state index contributed by atoms with van der Waals surface area (Å²) in [6, 6.07) is 0. The van der Waals surface area contributed by atoms with Crippen molar-refractivity contribution >= 4 is 17.7 Å². The summed E-state index contributed by atoms with van der Waals surface area (Å²) in [5, 5.41) is 10.5. The third-order valence-corrected chi connectivity index (χ3v) is 4.54. The molecule has 0 radical (unpaired) electrons. The van der Waals surface area contributed by atoms with E-state index in [2.05, 4.69) is 4.74 Å². The average Bonchev–Trinajstić information content (AvgIpc) is 2.27. The van der Waals surface area contributed by atoms with Gasteiger partial charge in [0.2, 0.25) is 0 Å². The third kappa shape index (κ3) is 4.74. The van der Waals surface area contributed by atoms with Crippen molar-refractivity contribution in [1.29, 1.82) is 0 Å². The molecule has 0 spiro atoms. The predicted molar refractivity (Wildman–Crippen MR) is 66.6 cm³/mol. The van der Waals surface area contributed by atoms with Gasteiger partial charge in [0, 0.05) is 11.0 Å². The second kappa shape index (κ2) is 6.50. The highest BCUT2D eigenvalue weighted by Crippen LogP contribution is 2.32. The molecule has 0 bridgehead atoms. The van der Waals surface area contributed by atoms with Crippen LogP contribution in [0.1, 0.15) is 45.4 Å². The van der Waals surface area contributed by atoms with E-state index in [9.17, 15) is 9.90 Å². The highest BCUT2D eigenvalue weighted by atomic mass is 32.2. The van der Waals surface area contributed by atoms with Gasteiger partial charge < -0.3 is 9.84 Å². The number of aliphatic hydroxyl groups is 1. The zero-order valence-corrected chi connectivity index (χ0v) is 11.0. The number of esters is 1. The molecular weight excluding hydrogens is 224 g/mol. The van der Waals surface area contributed by atoms with Gasteiger partial charge in [-0.25, -0.2) is 0 Å². The lowest BCUT2D eigenvalue weighted by Crippen LogP contribution is -2.34. The Morgan fingerprint density at radius 1 is 1.44 bits per heavy atom. The number of rotatable bonds is 5. The third-order valence-electron chi connectivity index (χ3n) is 3.10. The lowest BCUT2D eigenvalue weighted by molar-refractivity contribution is -0.140. The summed E-state index contributed by atoms with van der Waals surface area (Å²) in [5.41, 5.74) is -0.493. The lowest BCUT2D eigenvalue weighted by atomic mass is 9.86. The topological polar surface area (TPSA) is 46.5 Å². The van der Waals surface area contributed by atoms with Gasteiger partial charge >= 0.3 is 5.97 Å². The van der Waals surface area contributed by atoms with Crippen LogP contribution in [0.25, 0.3) is 0 Å². The van der Waals surface area contributed by atoms with Gasteiger partial charge in [0.25, 0.3) is 0 Å². The molecule has 0 aromatic rings. The van der Waals surface area contributed by atoms with Crippen molar-refractivity contribution in [3.63, 3.8) is 0 Å². The van der Waals surface area contributed by atoms with Crippen LogP contribution in [-0.2, 0) is 9.53 Å². The van der Waals surface area contributed by atoms with E-state index in [-0.39, 0.29) is 11.2 Å². The Morgan fingerprint density at radius 3 is 2.62 bits per heavy atom. The van der Waals surface area contributed by atoms with Crippen LogP contribution in [0.4, 0.5) is 0 Å². The molecule has 0 aromatic heterocycles. The zero-order chi connectivity index (χ0) is 12.0. The van der Waals surface area contributed by atoms with E-state index in [1.165, 1.54) is 13.5 Å². The van der Waals surface area contributed by atoms with Crippen molar-refractivity contribution in [2.75, 3.05) is 12.9 Å². The van der Waals surface area contributed by atoms with Gasteiger partial charge in [0.1, 0.15) is 0 Å². The van der Waals surface area contributed by atoms with Crippen molar-refractivity contribution in [3.8, 4) is 0 Å². The molecule has 1 unspecified atom stereocenters. The molecule has 1 fully saturated rings. The molecule has 16 heavy (non-hydrogen) atoms. The first-order chi connectivity index (χ1) is 7.56. The summed E-state index contributed by atoms with van der Waals surface area (Å²) < 4.78 is 4.62. The quantitative estimate of drug-likeness (QED) is 0.757. The molecule has 1 saturated carbocycles. The molecule has 94 valence electrons. The summed E-state index contributed by atoms with van der Waals surface area (Å²) in [4.78, 5) is 11.1. The fourth-order valence-corrected chi connectivity index (χ4v) is 3.17. The first kappa shape index (κ1) is 13.8. The van der Waals surface area contributed by atoms with Crippen molar-refractivity contribution in [3.05, 3.63) is 0 Å². The molecule has 0 aliphatic heterocycles. The second-order valence-corrected chi connectivity index (χ2v) is 6.11.